The number of anilines is 1. The first-order valence-electron chi connectivity index (χ1n) is 9.07. The summed E-state index contributed by atoms with van der Waals surface area (Å²) in [6, 6.07) is 13.7. The van der Waals surface area contributed by atoms with Crippen molar-refractivity contribution in [2.45, 2.75) is 26.5 Å². The zero-order valence-corrected chi connectivity index (χ0v) is 15.4. The smallest absolute Gasteiger partial charge is 0.317 e. The Hall–Kier alpha value is -2.76. The molecule has 0 saturated carbocycles. The summed E-state index contributed by atoms with van der Waals surface area (Å²) in [5.74, 6) is 0.899. The second-order valence-electron chi connectivity index (χ2n) is 6.59. The highest BCUT2D eigenvalue weighted by molar-refractivity contribution is 5.74. The van der Waals surface area contributed by atoms with E-state index in [1.54, 1.807) is 6.20 Å². The SMILES string of the molecule is CC(C)Oc1ccccc1N1CCN(C(=O)NCc2ccccn2)CC1. The normalized spacial score (nSPS) is 14.4. The molecule has 1 aliphatic rings. The Morgan fingerprint density at radius 3 is 2.54 bits per heavy atom. The average Bonchev–Trinajstić information content (AvgIpc) is 2.67. The molecule has 6 heteroatoms. The molecule has 2 amide bonds. The van der Waals surface area contributed by atoms with E-state index in [9.17, 15) is 4.79 Å². The van der Waals surface area contributed by atoms with Gasteiger partial charge in [0.15, 0.2) is 0 Å². The molecular weight excluding hydrogens is 328 g/mol. The van der Waals surface area contributed by atoms with Crippen LogP contribution in [0.3, 0.4) is 0 Å². The number of hydrogen-bond donors (Lipinski definition) is 1. The third-order valence-electron chi connectivity index (χ3n) is 4.28. The van der Waals surface area contributed by atoms with E-state index in [-0.39, 0.29) is 12.1 Å². The third-order valence-corrected chi connectivity index (χ3v) is 4.28. The molecule has 0 bridgehead atoms. The van der Waals surface area contributed by atoms with Crippen LogP contribution in [0, 0.1) is 0 Å². The maximum Gasteiger partial charge on any atom is 0.317 e. The maximum atomic E-state index is 12.4. The lowest BCUT2D eigenvalue weighted by Crippen LogP contribution is -2.51. The Kier molecular flexibility index (Phi) is 5.94. The molecule has 2 aromatic rings. The molecule has 6 nitrogen and oxygen atoms in total. The minimum atomic E-state index is -0.0398. The molecule has 0 spiro atoms. The summed E-state index contributed by atoms with van der Waals surface area (Å²) in [7, 11) is 0. The summed E-state index contributed by atoms with van der Waals surface area (Å²) < 4.78 is 5.92. The molecule has 0 atom stereocenters. The van der Waals surface area contributed by atoms with Crippen LogP contribution in [0.25, 0.3) is 0 Å². The van der Waals surface area contributed by atoms with Crippen LogP contribution < -0.4 is 15.0 Å². The number of piperazine rings is 1. The number of pyridine rings is 1. The number of aromatic nitrogens is 1. The van der Waals surface area contributed by atoms with Gasteiger partial charge in [0.1, 0.15) is 5.75 Å². The average molecular weight is 354 g/mol. The molecule has 1 fully saturated rings. The molecule has 0 unspecified atom stereocenters. The van der Waals surface area contributed by atoms with Crippen LogP contribution in [0.2, 0.25) is 0 Å². The van der Waals surface area contributed by atoms with Crippen molar-refractivity contribution in [1.82, 2.24) is 15.2 Å². The molecule has 138 valence electrons. The van der Waals surface area contributed by atoms with Gasteiger partial charge >= 0.3 is 6.03 Å². The minimum Gasteiger partial charge on any atom is -0.489 e. The summed E-state index contributed by atoms with van der Waals surface area (Å²) in [5, 5.41) is 2.94. The van der Waals surface area contributed by atoms with Crippen molar-refractivity contribution in [3.63, 3.8) is 0 Å². The fourth-order valence-corrected chi connectivity index (χ4v) is 3.00. The van der Waals surface area contributed by atoms with E-state index in [1.165, 1.54) is 0 Å². The van der Waals surface area contributed by atoms with E-state index < -0.39 is 0 Å². The second-order valence-corrected chi connectivity index (χ2v) is 6.59. The topological polar surface area (TPSA) is 57.7 Å². The number of nitrogens with zero attached hydrogens (tertiary/aromatic N) is 3. The van der Waals surface area contributed by atoms with Gasteiger partial charge in [-0.05, 0) is 38.1 Å². The molecule has 1 aliphatic heterocycles. The molecular formula is C20H26N4O2. The first-order valence-corrected chi connectivity index (χ1v) is 9.07. The largest absolute Gasteiger partial charge is 0.489 e. The van der Waals surface area contributed by atoms with Gasteiger partial charge in [-0.3, -0.25) is 4.98 Å². The van der Waals surface area contributed by atoms with Crippen molar-refractivity contribution in [3.8, 4) is 5.75 Å². The number of urea groups is 1. The molecule has 2 heterocycles. The van der Waals surface area contributed by atoms with Gasteiger partial charge in [-0.2, -0.15) is 0 Å². The van der Waals surface area contributed by atoms with Gasteiger partial charge in [-0.1, -0.05) is 18.2 Å². The van der Waals surface area contributed by atoms with Crippen LogP contribution in [0.5, 0.6) is 5.75 Å². The van der Waals surface area contributed by atoms with Crippen LogP contribution in [-0.4, -0.2) is 48.2 Å². The lowest BCUT2D eigenvalue weighted by molar-refractivity contribution is 0.193. The molecule has 26 heavy (non-hydrogen) atoms. The van der Waals surface area contributed by atoms with Crippen LogP contribution in [0.1, 0.15) is 19.5 Å². The fourth-order valence-electron chi connectivity index (χ4n) is 3.00. The monoisotopic (exact) mass is 354 g/mol. The number of amides is 2. The van der Waals surface area contributed by atoms with Gasteiger partial charge in [-0.25, -0.2) is 4.79 Å². The van der Waals surface area contributed by atoms with Crippen LogP contribution in [0.15, 0.2) is 48.7 Å². The summed E-state index contributed by atoms with van der Waals surface area (Å²) in [6.07, 6.45) is 1.87. The highest BCUT2D eigenvalue weighted by Crippen LogP contribution is 2.29. The molecule has 3 rings (SSSR count). The van der Waals surface area contributed by atoms with Gasteiger partial charge in [0.05, 0.1) is 24.0 Å². The number of benzene rings is 1. The molecule has 1 saturated heterocycles. The predicted molar refractivity (Wildman–Crippen MR) is 102 cm³/mol. The summed E-state index contributed by atoms with van der Waals surface area (Å²) in [5.41, 5.74) is 1.95. The Labute approximate surface area is 154 Å². The maximum absolute atomic E-state index is 12.4. The Morgan fingerprint density at radius 1 is 1.12 bits per heavy atom. The van der Waals surface area contributed by atoms with E-state index in [4.69, 9.17) is 4.74 Å². The molecule has 1 aromatic heterocycles. The van der Waals surface area contributed by atoms with E-state index in [0.29, 0.717) is 19.6 Å². The number of hydrogen-bond acceptors (Lipinski definition) is 4. The van der Waals surface area contributed by atoms with Crippen molar-refractivity contribution in [1.29, 1.82) is 0 Å². The van der Waals surface area contributed by atoms with Crippen LogP contribution >= 0.6 is 0 Å². The van der Waals surface area contributed by atoms with E-state index in [0.717, 1.165) is 30.2 Å². The first kappa shape index (κ1) is 18.0. The standard InChI is InChI=1S/C20H26N4O2/c1-16(2)26-19-9-4-3-8-18(19)23-11-13-24(14-12-23)20(25)22-15-17-7-5-6-10-21-17/h3-10,16H,11-15H2,1-2H3,(H,22,25). The fraction of sp³-hybridized carbons (Fsp3) is 0.400. The lowest BCUT2D eigenvalue weighted by Gasteiger charge is -2.36. The first-order chi connectivity index (χ1) is 12.6. The van der Waals surface area contributed by atoms with Gasteiger partial charge in [-0.15, -0.1) is 0 Å². The number of rotatable bonds is 5. The van der Waals surface area contributed by atoms with Gasteiger partial charge in [0.2, 0.25) is 0 Å². The van der Waals surface area contributed by atoms with Crippen LogP contribution in [-0.2, 0) is 6.54 Å². The predicted octanol–water partition coefficient (Wildman–Crippen LogP) is 2.90. The van der Waals surface area contributed by atoms with E-state index in [2.05, 4.69) is 21.3 Å². The summed E-state index contributed by atoms with van der Waals surface area (Å²) in [6.45, 7) is 7.45. The third kappa shape index (κ3) is 4.65. The van der Waals surface area contributed by atoms with E-state index in [1.807, 2.05) is 55.1 Å². The van der Waals surface area contributed by atoms with Gasteiger partial charge < -0.3 is 19.9 Å². The summed E-state index contributed by atoms with van der Waals surface area (Å²) in [4.78, 5) is 20.7. The number of carbonyl (C=O) groups is 1. The number of para-hydroxylation sites is 2. The van der Waals surface area contributed by atoms with Crippen molar-refractivity contribution in [2.24, 2.45) is 0 Å². The molecule has 1 N–H and O–H groups in total. The summed E-state index contributed by atoms with van der Waals surface area (Å²) >= 11 is 0. The van der Waals surface area contributed by atoms with E-state index >= 15 is 0 Å². The lowest BCUT2D eigenvalue weighted by atomic mass is 10.2. The van der Waals surface area contributed by atoms with Crippen molar-refractivity contribution in [3.05, 3.63) is 54.4 Å². The molecule has 0 radical (unpaired) electrons. The zero-order valence-electron chi connectivity index (χ0n) is 15.4. The Morgan fingerprint density at radius 2 is 1.85 bits per heavy atom. The van der Waals surface area contributed by atoms with Crippen molar-refractivity contribution >= 4 is 11.7 Å². The molecule has 1 aromatic carbocycles. The zero-order chi connectivity index (χ0) is 18.4. The Balaban J connectivity index is 1.53. The van der Waals surface area contributed by atoms with Crippen molar-refractivity contribution < 1.29 is 9.53 Å². The number of carbonyl (C=O) groups excluding carboxylic acids is 1. The highest BCUT2D eigenvalue weighted by atomic mass is 16.5. The number of nitrogens with one attached hydrogen (secondary N) is 1. The van der Waals surface area contributed by atoms with Gasteiger partial charge in [0.25, 0.3) is 0 Å². The van der Waals surface area contributed by atoms with Crippen LogP contribution in [0.4, 0.5) is 10.5 Å². The second kappa shape index (κ2) is 8.56. The minimum absolute atomic E-state index is 0.0398. The molecule has 0 aliphatic carbocycles. The highest BCUT2D eigenvalue weighted by Gasteiger charge is 2.23. The quantitative estimate of drug-likeness (QED) is 0.897. The number of ether oxygens (including phenoxy) is 1. The van der Waals surface area contributed by atoms with Crippen molar-refractivity contribution in [2.75, 3.05) is 31.1 Å². The Bertz CT molecular complexity index is 713. The van der Waals surface area contributed by atoms with Gasteiger partial charge in [0, 0.05) is 32.4 Å².